The Bertz CT molecular complexity index is 1810. The maximum absolute atomic E-state index is 14.4. The van der Waals surface area contributed by atoms with Gasteiger partial charge in [-0.3, -0.25) is 4.79 Å². The highest BCUT2D eigenvalue weighted by molar-refractivity contribution is 7.92. The highest BCUT2D eigenvalue weighted by atomic mass is 32.2. The Morgan fingerprint density at radius 1 is 0.889 bits per heavy atom. The number of anilines is 2. The van der Waals surface area contributed by atoms with Gasteiger partial charge >= 0.3 is 5.97 Å². The maximum atomic E-state index is 14.4. The third-order valence-corrected chi connectivity index (χ3v) is 9.74. The number of carboxylic acids is 1. The molecule has 45 heavy (non-hydrogen) atoms. The topological polar surface area (TPSA) is 100 Å². The van der Waals surface area contributed by atoms with Gasteiger partial charge in [0.05, 0.1) is 12.2 Å². The molecule has 1 unspecified atom stereocenters. The normalized spacial score (nSPS) is 14.0. The summed E-state index contributed by atoms with van der Waals surface area (Å²) in [4.78, 5) is 29.5. The summed E-state index contributed by atoms with van der Waals surface area (Å²) in [5, 5.41) is 10.2. The van der Waals surface area contributed by atoms with E-state index < -0.39 is 17.3 Å². The predicted octanol–water partition coefficient (Wildman–Crippen LogP) is 6.48. The average Bonchev–Trinajstić information content (AvgIpc) is 3.41. The number of fused-ring (bicyclic) bond motifs is 1. The molecule has 6 rings (SSSR count). The van der Waals surface area contributed by atoms with Crippen LogP contribution in [-0.4, -0.2) is 59.2 Å². The van der Waals surface area contributed by atoms with Crippen LogP contribution in [0, 0.1) is 13.8 Å². The van der Waals surface area contributed by atoms with Gasteiger partial charge in [0, 0.05) is 48.8 Å². The molecule has 1 saturated heterocycles. The van der Waals surface area contributed by atoms with Gasteiger partial charge < -0.3 is 23.9 Å². The number of furan rings is 1. The van der Waals surface area contributed by atoms with E-state index in [0.717, 1.165) is 22.5 Å². The van der Waals surface area contributed by atoms with Crippen molar-refractivity contribution < 1.29 is 23.7 Å². The summed E-state index contributed by atoms with van der Waals surface area (Å²) in [6, 6.07) is 30.9. The van der Waals surface area contributed by atoms with Gasteiger partial charge in [0.1, 0.15) is 22.6 Å². The fraction of sp³-hybridized carbons (Fsp3) is 0.222. The molecule has 0 saturated carbocycles. The number of benzene rings is 4. The van der Waals surface area contributed by atoms with Crippen molar-refractivity contribution >= 4 is 45.6 Å². The molecule has 1 atom stereocenters. The van der Waals surface area contributed by atoms with Gasteiger partial charge in [-0.1, -0.05) is 60.2 Å². The van der Waals surface area contributed by atoms with Crippen LogP contribution in [-0.2, 0) is 17.8 Å². The Morgan fingerprint density at radius 2 is 1.58 bits per heavy atom. The SMILES string of the molecule is Cc1ccc(C(=O)N2CCN(c3ccccc3N(CCc3ccccc3)[S+]([O-])c3ccc4oc(C(=O)O)c(C)c4c3)CC2)cc1. The molecule has 1 amide bonds. The minimum atomic E-state index is -1.61. The number of carbonyl (C=O) groups excluding carboxylic acids is 1. The number of para-hydroxylation sites is 2. The van der Waals surface area contributed by atoms with Crippen molar-refractivity contribution in [1.82, 2.24) is 4.90 Å². The molecule has 1 aliphatic heterocycles. The number of hydrogen-bond acceptors (Lipinski definition) is 6. The standard InChI is InChI=1S/C36H35N3O5S/c1-25-12-14-28(15-13-25)35(40)38-22-20-37(21-23-38)31-10-6-7-11-32(31)39(19-18-27-8-4-3-5-9-27)45(43)29-16-17-33-30(24-29)26(2)34(44-33)36(41)42/h3-17,24H,18-23H2,1-2H3,(H,41,42). The lowest BCUT2D eigenvalue weighted by atomic mass is 10.1. The summed E-state index contributed by atoms with van der Waals surface area (Å²) in [6.45, 7) is 6.65. The van der Waals surface area contributed by atoms with Crippen LogP contribution in [0.3, 0.4) is 0 Å². The van der Waals surface area contributed by atoms with Gasteiger partial charge in [-0.2, -0.15) is 4.31 Å². The second-order valence-corrected chi connectivity index (χ2v) is 12.7. The third-order valence-electron chi connectivity index (χ3n) is 8.31. The predicted molar refractivity (Wildman–Crippen MR) is 178 cm³/mol. The fourth-order valence-corrected chi connectivity index (χ4v) is 7.03. The fourth-order valence-electron chi connectivity index (χ4n) is 5.78. The van der Waals surface area contributed by atoms with Crippen LogP contribution in [0.5, 0.6) is 0 Å². The molecule has 1 aromatic heterocycles. The van der Waals surface area contributed by atoms with E-state index >= 15 is 0 Å². The van der Waals surface area contributed by atoms with Gasteiger partial charge in [0.2, 0.25) is 5.76 Å². The molecule has 0 aliphatic carbocycles. The summed E-state index contributed by atoms with van der Waals surface area (Å²) in [6.07, 6.45) is 0.676. The van der Waals surface area contributed by atoms with Crippen molar-refractivity contribution in [3.05, 3.63) is 125 Å². The summed E-state index contributed by atoms with van der Waals surface area (Å²) < 4.78 is 21.9. The highest BCUT2D eigenvalue weighted by Crippen LogP contribution is 2.36. The van der Waals surface area contributed by atoms with E-state index in [1.165, 1.54) is 0 Å². The van der Waals surface area contributed by atoms with Gasteiger partial charge in [-0.05, 0) is 62.2 Å². The highest BCUT2D eigenvalue weighted by Gasteiger charge is 2.30. The van der Waals surface area contributed by atoms with Crippen molar-refractivity contribution in [3.63, 3.8) is 0 Å². The van der Waals surface area contributed by atoms with E-state index in [1.54, 1.807) is 25.1 Å². The van der Waals surface area contributed by atoms with Crippen LogP contribution in [0.25, 0.3) is 11.0 Å². The second-order valence-electron chi connectivity index (χ2n) is 11.2. The second kappa shape index (κ2) is 13.1. The first kappa shape index (κ1) is 30.3. The van der Waals surface area contributed by atoms with Crippen molar-refractivity contribution in [3.8, 4) is 0 Å². The molecule has 0 bridgehead atoms. The van der Waals surface area contributed by atoms with Gasteiger partial charge in [0.25, 0.3) is 5.91 Å². The van der Waals surface area contributed by atoms with E-state index in [9.17, 15) is 19.2 Å². The smallest absolute Gasteiger partial charge is 0.372 e. The van der Waals surface area contributed by atoms with Gasteiger partial charge in [-0.25, -0.2) is 4.79 Å². The Labute approximate surface area is 265 Å². The number of piperazine rings is 1. The first-order valence-corrected chi connectivity index (χ1v) is 16.1. The molecule has 1 fully saturated rings. The van der Waals surface area contributed by atoms with Crippen LogP contribution in [0.1, 0.15) is 37.6 Å². The minimum Gasteiger partial charge on any atom is -0.588 e. The summed E-state index contributed by atoms with van der Waals surface area (Å²) >= 11 is -1.61. The van der Waals surface area contributed by atoms with Crippen LogP contribution in [0.4, 0.5) is 11.4 Å². The van der Waals surface area contributed by atoms with Gasteiger partial charge in [-0.15, -0.1) is 0 Å². The number of aryl methyl sites for hydroxylation is 2. The number of amides is 1. The largest absolute Gasteiger partial charge is 0.588 e. The quantitative estimate of drug-likeness (QED) is 0.188. The Balaban J connectivity index is 1.29. The zero-order valence-electron chi connectivity index (χ0n) is 25.3. The van der Waals surface area contributed by atoms with Crippen molar-refractivity contribution in [2.75, 3.05) is 41.9 Å². The maximum Gasteiger partial charge on any atom is 0.372 e. The van der Waals surface area contributed by atoms with Crippen molar-refractivity contribution in [2.45, 2.75) is 25.2 Å². The monoisotopic (exact) mass is 621 g/mol. The number of carbonyl (C=O) groups is 2. The van der Waals surface area contributed by atoms with E-state index in [1.807, 2.05) is 82.9 Å². The molecule has 0 radical (unpaired) electrons. The van der Waals surface area contributed by atoms with E-state index in [2.05, 4.69) is 17.0 Å². The summed E-state index contributed by atoms with van der Waals surface area (Å²) in [5.74, 6) is -1.21. The first-order valence-electron chi connectivity index (χ1n) is 15.0. The van der Waals surface area contributed by atoms with Crippen molar-refractivity contribution in [2.24, 2.45) is 0 Å². The number of rotatable bonds is 9. The molecule has 2 heterocycles. The van der Waals surface area contributed by atoms with Gasteiger partial charge in [0.15, 0.2) is 4.90 Å². The lowest BCUT2D eigenvalue weighted by molar-refractivity contribution is 0.0663. The molecule has 8 nitrogen and oxygen atoms in total. The molecular weight excluding hydrogens is 586 g/mol. The number of nitrogens with zero attached hydrogens (tertiary/aromatic N) is 3. The molecule has 5 aromatic rings. The summed E-state index contributed by atoms with van der Waals surface area (Å²) in [5.41, 5.74) is 5.68. The first-order chi connectivity index (χ1) is 21.8. The lowest BCUT2D eigenvalue weighted by Crippen LogP contribution is -2.49. The van der Waals surface area contributed by atoms with Crippen LogP contribution >= 0.6 is 0 Å². The van der Waals surface area contributed by atoms with E-state index in [-0.39, 0.29) is 11.7 Å². The number of carboxylic acid groups (broad SMARTS) is 1. The molecule has 1 aliphatic rings. The Kier molecular flexibility index (Phi) is 8.82. The van der Waals surface area contributed by atoms with Crippen LogP contribution in [0.15, 0.2) is 106 Å². The lowest BCUT2D eigenvalue weighted by Gasteiger charge is -2.38. The minimum absolute atomic E-state index is 0.0320. The molecule has 1 N–H and O–H groups in total. The molecular formula is C36H35N3O5S. The van der Waals surface area contributed by atoms with E-state index in [0.29, 0.717) is 66.1 Å². The van der Waals surface area contributed by atoms with Crippen molar-refractivity contribution in [1.29, 1.82) is 0 Å². The Morgan fingerprint density at radius 3 is 2.29 bits per heavy atom. The average molecular weight is 622 g/mol. The molecule has 230 valence electrons. The molecule has 9 heteroatoms. The van der Waals surface area contributed by atoms with Crippen LogP contribution in [0.2, 0.25) is 0 Å². The van der Waals surface area contributed by atoms with E-state index in [4.69, 9.17) is 4.42 Å². The van der Waals surface area contributed by atoms with Crippen LogP contribution < -0.4 is 9.21 Å². The zero-order valence-corrected chi connectivity index (χ0v) is 26.1. The number of hydrogen-bond donors (Lipinski definition) is 1. The molecule has 4 aromatic carbocycles. The third kappa shape index (κ3) is 6.41. The zero-order chi connectivity index (χ0) is 31.5. The summed E-state index contributed by atoms with van der Waals surface area (Å²) in [7, 11) is 0. The molecule has 0 spiro atoms. The number of aromatic carboxylic acids is 1. The Hall–Kier alpha value is -4.73.